The van der Waals surface area contributed by atoms with Crippen LogP contribution < -0.4 is 10.2 Å². The topological polar surface area (TPSA) is 76.2 Å². The fraction of sp³-hybridized carbons (Fsp3) is 0.769. The normalized spacial score (nSPS) is 25.8. The molecule has 1 aromatic heterocycles. The minimum absolute atomic E-state index is 0.171. The lowest BCUT2D eigenvalue weighted by Crippen LogP contribution is -2.36. The van der Waals surface area contributed by atoms with Gasteiger partial charge < -0.3 is 10.2 Å². The standard InChI is InChI=1S/C13H21N5O2/c1-3-17-13(12(18(19)20)9(2)15-17)16-7-6-10-4-5-11(8-16)14-10/h10-11,14H,3-8H2,1-2H3. The molecule has 7 nitrogen and oxygen atoms in total. The number of anilines is 1. The van der Waals surface area contributed by atoms with E-state index in [1.807, 2.05) is 6.92 Å². The lowest BCUT2D eigenvalue weighted by Gasteiger charge is -2.25. The number of hydrogen-bond donors (Lipinski definition) is 1. The lowest BCUT2D eigenvalue weighted by atomic mass is 10.1. The van der Waals surface area contributed by atoms with E-state index in [2.05, 4.69) is 15.3 Å². The molecule has 3 heterocycles. The maximum atomic E-state index is 11.4. The molecule has 0 aliphatic carbocycles. The Balaban J connectivity index is 1.97. The van der Waals surface area contributed by atoms with Crippen molar-refractivity contribution in [2.45, 2.75) is 51.7 Å². The van der Waals surface area contributed by atoms with Crippen molar-refractivity contribution >= 4 is 11.5 Å². The van der Waals surface area contributed by atoms with Crippen LogP contribution in [0.3, 0.4) is 0 Å². The maximum absolute atomic E-state index is 11.4. The Morgan fingerprint density at radius 1 is 1.40 bits per heavy atom. The summed E-state index contributed by atoms with van der Waals surface area (Å²) in [5.41, 5.74) is 0.679. The van der Waals surface area contributed by atoms with Gasteiger partial charge >= 0.3 is 5.69 Å². The number of hydrogen-bond acceptors (Lipinski definition) is 5. The molecular formula is C13H21N5O2. The fourth-order valence-electron chi connectivity index (χ4n) is 3.44. The van der Waals surface area contributed by atoms with Crippen molar-refractivity contribution in [1.82, 2.24) is 15.1 Å². The van der Waals surface area contributed by atoms with Crippen LogP contribution in [0.5, 0.6) is 0 Å². The van der Waals surface area contributed by atoms with Crippen LogP contribution in [0.25, 0.3) is 0 Å². The number of aryl methyl sites for hydroxylation is 2. The van der Waals surface area contributed by atoms with Crippen LogP contribution in [0.15, 0.2) is 0 Å². The van der Waals surface area contributed by atoms with Crippen molar-refractivity contribution in [2.75, 3.05) is 18.0 Å². The molecule has 0 radical (unpaired) electrons. The van der Waals surface area contributed by atoms with Gasteiger partial charge in [-0.3, -0.25) is 10.1 Å². The van der Waals surface area contributed by atoms with Crippen LogP contribution in [-0.4, -0.2) is 39.9 Å². The summed E-state index contributed by atoms with van der Waals surface area (Å²) in [6.07, 6.45) is 3.43. The zero-order chi connectivity index (χ0) is 14.3. The summed E-state index contributed by atoms with van der Waals surface area (Å²) in [5.74, 6) is 0.685. The zero-order valence-electron chi connectivity index (χ0n) is 12.0. The van der Waals surface area contributed by atoms with E-state index < -0.39 is 0 Å². The number of aromatic nitrogens is 2. The average Bonchev–Trinajstić information content (AvgIpc) is 2.89. The highest BCUT2D eigenvalue weighted by molar-refractivity contribution is 5.61. The van der Waals surface area contributed by atoms with Gasteiger partial charge in [0, 0.05) is 31.7 Å². The molecule has 110 valence electrons. The van der Waals surface area contributed by atoms with Gasteiger partial charge in [0.05, 0.1) is 4.92 Å². The van der Waals surface area contributed by atoms with E-state index in [1.54, 1.807) is 11.6 Å². The molecule has 1 N–H and O–H groups in total. The molecule has 2 aliphatic heterocycles. The summed E-state index contributed by atoms with van der Waals surface area (Å²) in [7, 11) is 0. The van der Waals surface area contributed by atoms with Crippen molar-refractivity contribution in [1.29, 1.82) is 0 Å². The first-order valence-electron chi connectivity index (χ1n) is 7.33. The number of nitrogens with one attached hydrogen (secondary N) is 1. The first kappa shape index (κ1) is 13.4. The van der Waals surface area contributed by atoms with Gasteiger partial charge in [-0.2, -0.15) is 5.10 Å². The molecule has 2 aliphatic rings. The van der Waals surface area contributed by atoms with Gasteiger partial charge in [0.2, 0.25) is 5.82 Å². The Kier molecular flexibility index (Phi) is 3.37. The highest BCUT2D eigenvalue weighted by Gasteiger charge is 2.35. The number of rotatable bonds is 3. The SMILES string of the molecule is CCn1nc(C)c([N+](=O)[O-])c1N1CCC2CCC(C1)N2. The molecule has 2 unspecified atom stereocenters. The summed E-state index contributed by atoms with van der Waals surface area (Å²) in [4.78, 5) is 13.2. The first-order chi connectivity index (χ1) is 9.60. The molecule has 2 bridgehead atoms. The maximum Gasteiger partial charge on any atom is 0.333 e. The monoisotopic (exact) mass is 279 g/mol. The summed E-state index contributed by atoms with van der Waals surface area (Å²) in [6.45, 7) is 6.04. The van der Waals surface area contributed by atoms with Gasteiger partial charge in [-0.15, -0.1) is 0 Å². The third-order valence-electron chi connectivity index (χ3n) is 4.37. The third-order valence-corrected chi connectivity index (χ3v) is 4.37. The quantitative estimate of drug-likeness (QED) is 0.669. The molecule has 2 saturated heterocycles. The van der Waals surface area contributed by atoms with E-state index in [0.29, 0.717) is 30.1 Å². The van der Waals surface area contributed by atoms with E-state index >= 15 is 0 Å². The predicted molar refractivity (Wildman–Crippen MR) is 76.1 cm³/mol. The second-order valence-electron chi connectivity index (χ2n) is 5.70. The zero-order valence-corrected chi connectivity index (χ0v) is 12.0. The molecule has 3 rings (SSSR count). The van der Waals surface area contributed by atoms with Crippen molar-refractivity contribution in [2.24, 2.45) is 0 Å². The Bertz CT molecular complexity index is 527. The van der Waals surface area contributed by atoms with Crippen molar-refractivity contribution < 1.29 is 4.92 Å². The van der Waals surface area contributed by atoms with Gasteiger partial charge in [0.15, 0.2) is 0 Å². The van der Waals surface area contributed by atoms with E-state index in [4.69, 9.17) is 0 Å². The smallest absolute Gasteiger partial charge is 0.333 e. The van der Waals surface area contributed by atoms with Gasteiger partial charge in [0.1, 0.15) is 5.69 Å². The van der Waals surface area contributed by atoms with Crippen molar-refractivity contribution in [3.8, 4) is 0 Å². The number of fused-ring (bicyclic) bond motifs is 2. The van der Waals surface area contributed by atoms with E-state index in [1.165, 1.54) is 6.42 Å². The molecule has 2 fully saturated rings. The molecule has 0 aromatic carbocycles. The molecule has 2 atom stereocenters. The molecule has 0 saturated carbocycles. The van der Waals surface area contributed by atoms with Gasteiger partial charge in [-0.25, -0.2) is 4.68 Å². The Morgan fingerprint density at radius 3 is 2.85 bits per heavy atom. The Morgan fingerprint density at radius 2 is 2.15 bits per heavy atom. The molecular weight excluding hydrogens is 258 g/mol. The molecule has 20 heavy (non-hydrogen) atoms. The highest BCUT2D eigenvalue weighted by atomic mass is 16.6. The van der Waals surface area contributed by atoms with Crippen molar-refractivity contribution in [3.05, 3.63) is 15.8 Å². The van der Waals surface area contributed by atoms with Crippen molar-refractivity contribution in [3.63, 3.8) is 0 Å². The highest BCUT2D eigenvalue weighted by Crippen LogP contribution is 2.34. The van der Waals surface area contributed by atoms with Gasteiger partial charge in [0.25, 0.3) is 0 Å². The predicted octanol–water partition coefficient (Wildman–Crippen LogP) is 1.45. The van der Waals surface area contributed by atoms with E-state index in [9.17, 15) is 10.1 Å². The van der Waals surface area contributed by atoms with Crippen LogP contribution >= 0.6 is 0 Å². The second-order valence-corrected chi connectivity index (χ2v) is 5.70. The average molecular weight is 279 g/mol. The lowest BCUT2D eigenvalue weighted by molar-refractivity contribution is -0.384. The molecule has 0 spiro atoms. The van der Waals surface area contributed by atoms with Crippen LogP contribution in [0.4, 0.5) is 11.5 Å². The minimum atomic E-state index is -0.291. The van der Waals surface area contributed by atoms with E-state index in [-0.39, 0.29) is 10.6 Å². The molecule has 1 aromatic rings. The first-order valence-corrected chi connectivity index (χ1v) is 7.33. The number of nitro groups is 1. The van der Waals surface area contributed by atoms with Gasteiger partial charge in [-0.05, 0) is 33.1 Å². The Labute approximate surface area is 118 Å². The van der Waals surface area contributed by atoms with Crippen LogP contribution in [0.1, 0.15) is 31.9 Å². The summed E-state index contributed by atoms with van der Waals surface area (Å²) < 4.78 is 1.77. The second kappa shape index (κ2) is 5.05. The summed E-state index contributed by atoms with van der Waals surface area (Å²) in [5, 5.41) is 19.3. The molecule has 0 amide bonds. The minimum Gasteiger partial charge on any atom is -0.349 e. The number of nitrogens with zero attached hydrogens (tertiary/aromatic N) is 4. The van der Waals surface area contributed by atoms with Crippen LogP contribution in [0.2, 0.25) is 0 Å². The van der Waals surface area contributed by atoms with E-state index in [0.717, 1.165) is 25.9 Å². The third kappa shape index (κ3) is 2.15. The van der Waals surface area contributed by atoms with Crippen LogP contribution in [0, 0.1) is 17.0 Å². The summed E-state index contributed by atoms with van der Waals surface area (Å²) in [6, 6.07) is 1.02. The fourth-order valence-corrected chi connectivity index (χ4v) is 3.44. The van der Waals surface area contributed by atoms with Crippen LogP contribution in [-0.2, 0) is 6.54 Å². The summed E-state index contributed by atoms with van der Waals surface area (Å²) >= 11 is 0. The molecule has 7 heteroatoms. The Hall–Kier alpha value is -1.63. The van der Waals surface area contributed by atoms with Gasteiger partial charge in [-0.1, -0.05) is 0 Å². The largest absolute Gasteiger partial charge is 0.349 e.